The monoisotopic (exact) mass is 160 g/mol. The van der Waals surface area contributed by atoms with Crippen LogP contribution in [0.15, 0.2) is 30.3 Å². The van der Waals surface area contributed by atoms with Crippen molar-refractivity contribution >= 4 is 0 Å². The predicted molar refractivity (Wildman–Crippen MR) is 49.6 cm³/mol. The molecule has 0 spiro atoms. The predicted octanol–water partition coefficient (Wildman–Crippen LogP) is 2.42. The molecule has 0 radical (unpaired) electrons. The Kier molecular flexibility index (Phi) is 3.80. The fourth-order valence-corrected chi connectivity index (χ4v) is 0.770. The van der Waals surface area contributed by atoms with Crippen LogP contribution in [0.1, 0.15) is 18.9 Å². The van der Waals surface area contributed by atoms with Crippen LogP contribution in [0.4, 0.5) is 0 Å². The van der Waals surface area contributed by atoms with Crippen LogP contribution in [-0.4, -0.2) is 6.61 Å². The Hall–Kier alpha value is -1.42. The van der Waals surface area contributed by atoms with Crippen LogP contribution in [-0.2, 0) is 4.74 Å². The summed E-state index contributed by atoms with van der Waals surface area (Å²) in [6.45, 7) is 2.77. The summed E-state index contributed by atoms with van der Waals surface area (Å²) in [7, 11) is 0. The van der Waals surface area contributed by atoms with Gasteiger partial charge in [0.15, 0.2) is 0 Å². The molecule has 0 aliphatic rings. The van der Waals surface area contributed by atoms with Gasteiger partial charge in [-0.15, -0.1) is 0 Å². The first-order chi connectivity index (χ1) is 5.93. The summed E-state index contributed by atoms with van der Waals surface area (Å²) in [6.07, 6.45) is 3.66. The van der Waals surface area contributed by atoms with E-state index in [0.717, 1.165) is 12.0 Å². The van der Waals surface area contributed by atoms with Crippen LogP contribution in [0.25, 0.3) is 0 Å². The summed E-state index contributed by atoms with van der Waals surface area (Å²) >= 11 is 0. The number of benzene rings is 1. The molecular weight excluding hydrogens is 148 g/mol. The highest BCUT2D eigenvalue weighted by molar-refractivity contribution is 5.32. The van der Waals surface area contributed by atoms with Crippen LogP contribution < -0.4 is 0 Å². The van der Waals surface area contributed by atoms with Gasteiger partial charge in [0, 0.05) is 5.56 Å². The van der Waals surface area contributed by atoms with E-state index in [1.807, 2.05) is 30.3 Å². The maximum Gasteiger partial charge on any atom is 0.115 e. The van der Waals surface area contributed by atoms with Crippen molar-refractivity contribution in [2.24, 2.45) is 0 Å². The molecule has 0 N–H and O–H groups in total. The van der Waals surface area contributed by atoms with E-state index in [1.165, 1.54) is 0 Å². The first-order valence-corrected chi connectivity index (χ1v) is 4.11. The normalized spacial score (nSPS) is 8.42. The molecule has 0 fully saturated rings. The largest absolute Gasteiger partial charge is 0.446 e. The average Bonchev–Trinajstić information content (AvgIpc) is 2.14. The second-order valence-electron chi connectivity index (χ2n) is 2.44. The lowest BCUT2D eigenvalue weighted by molar-refractivity contribution is 0.278. The number of rotatable bonds is 2. The topological polar surface area (TPSA) is 9.23 Å². The quantitative estimate of drug-likeness (QED) is 0.477. The van der Waals surface area contributed by atoms with Gasteiger partial charge >= 0.3 is 0 Å². The smallest absolute Gasteiger partial charge is 0.115 e. The summed E-state index contributed by atoms with van der Waals surface area (Å²) in [4.78, 5) is 0. The minimum atomic E-state index is 0.708. The summed E-state index contributed by atoms with van der Waals surface area (Å²) in [5.74, 6) is 2.91. The van der Waals surface area contributed by atoms with E-state index in [1.54, 1.807) is 0 Å². The lowest BCUT2D eigenvalue weighted by Gasteiger charge is -1.90. The molecule has 1 rings (SSSR count). The molecule has 1 aromatic rings. The van der Waals surface area contributed by atoms with Crippen LogP contribution in [0.2, 0.25) is 0 Å². The van der Waals surface area contributed by atoms with Gasteiger partial charge in [-0.2, -0.15) is 0 Å². The van der Waals surface area contributed by atoms with Crippen LogP contribution >= 0.6 is 0 Å². The van der Waals surface area contributed by atoms with Crippen molar-refractivity contribution in [1.29, 1.82) is 0 Å². The highest BCUT2D eigenvalue weighted by atomic mass is 16.5. The van der Waals surface area contributed by atoms with E-state index in [2.05, 4.69) is 19.0 Å². The first-order valence-electron chi connectivity index (χ1n) is 4.11. The molecule has 0 unspecified atom stereocenters. The molecule has 62 valence electrons. The molecule has 1 aromatic carbocycles. The van der Waals surface area contributed by atoms with Crippen LogP contribution in [0, 0.1) is 12.0 Å². The highest BCUT2D eigenvalue weighted by Gasteiger charge is 1.80. The number of hydrogen-bond acceptors (Lipinski definition) is 1. The molecule has 0 saturated carbocycles. The molecule has 1 nitrogen and oxygen atoms in total. The van der Waals surface area contributed by atoms with Gasteiger partial charge in [-0.1, -0.05) is 25.1 Å². The van der Waals surface area contributed by atoms with Crippen molar-refractivity contribution in [2.45, 2.75) is 13.3 Å². The number of ether oxygens (including phenoxy) is 1. The third-order valence-corrected chi connectivity index (χ3v) is 1.35. The minimum Gasteiger partial charge on any atom is -0.446 e. The third-order valence-electron chi connectivity index (χ3n) is 1.35. The van der Waals surface area contributed by atoms with Gasteiger partial charge < -0.3 is 4.74 Å². The van der Waals surface area contributed by atoms with Crippen molar-refractivity contribution < 1.29 is 4.74 Å². The SMILES string of the molecule is CCCOC#Cc1ccccc1. The Balaban J connectivity index is 2.44. The fourth-order valence-electron chi connectivity index (χ4n) is 0.770. The summed E-state index contributed by atoms with van der Waals surface area (Å²) in [6, 6.07) is 9.82. The molecule has 0 aliphatic heterocycles. The molecule has 0 aliphatic carbocycles. The maximum absolute atomic E-state index is 5.03. The Labute approximate surface area is 73.4 Å². The van der Waals surface area contributed by atoms with E-state index < -0.39 is 0 Å². The summed E-state index contributed by atoms with van der Waals surface area (Å²) in [5, 5.41) is 0. The minimum absolute atomic E-state index is 0.708. The van der Waals surface area contributed by atoms with E-state index >= 15 is 0 Å². The molecule has 0 aromatic heterocycles. The second-order valence-corrected chi connectivity index (χ2v) is 2.44. The molecule has 0 saturated heterocycles. The van der Waals surface area contributed by atoms with Gasteiger partial charge in [-0.3, -0.25) is 0 Å². The lowest BCUT2D eigenvalue weighted by Crippen LogP contribution is -1.82. The lowest BCUT2D eigenvalue weighted by atomic mass is 10.2. The van der Waals surface area contributed by atoms with E-state index in [0.29, 0.717) is 6.61 Å². The van der Waals surface area contributed by atoms with Crippen molar-refractivity contribution in [1.82, 2.24) is 0 Å². The molecule has 0 heterocycles. The van der Waals surface area contributed by atoms with Gasteiger partial charge in [0.05, 0.1) is 6.61 Å². The molecule has 0 atom stereocenters. The van der Waals surface area contributed by atoms with Crippen molar-refractivity contribution in [2.75, 3.05) is 6.61 Å². The summed E-state index contributed by atoms with van der Waals surface area (Å²) in [5.41, 5.74) is 0.994. The van der Waals surface area contributed by atoms with Crippen molar-refractivity contribution in [3.05, 3.63) is 35.9 Å². The standard InChI is InChI=1S/C11H12O/c1-2-9-12-10-8-11-6-4-3-5-7-11/h3-7H,2,9H2,1H3. The molecule has 12 heavy (non-hydrogen) atoms. The highest BCUT2D eigenvalue weighted by Crippen LogP contribution is 1.94. The maximum atomic E-state index is 5.03. The zero-order valence-electron chi connectivity index (χ0n) is 7.21. The van der Waals surface area contributed by atoms with Crippen molar-refractivity contribution in [3.63, 3.8) is 0 Å². The molecule has 0 bridgehead atoms. The first kappa shape index (κ1) is 8.67. The van der Waals surface area contributed by atoms with Gasteiger partial charge in [-0.05, 0) is 24.5 Å². The molecule has 0 amide bonds. The zero-order valence-corrected chi connectivity index (χ0v) is 7.21. The Bertz CT molecular complexity index is 266. The second kappa shape index (κ2) is 5.26. The average molecular weight is 160 g/mol. The van der Waals surface area contributed by atoms with E-state index in [9.17, 15) is 0 Å². The number of hydrogen-bond donors (Lipinski definition) is 0. The van der Waals surface area contributed by atoms with Crippen LogP contribution in [0.3, 0.4) is 0 Å². The van der Waals surface area contributed by atoms with E-state index in [4.69, 9.17) is 4.74 Å². The molecule has 1 heteroatoms. The van der Waals surface area contributed by atoms with Gasteiger partial charge in [-0.25, -0.2) is 0 Å². The fraction of sp³-hybridized carbons (Fsp3) is 0.273. The summed E-state index contributed by atoms with van der Waals surface area (Å²) < 4.78 is 5.03. The van der Waals surface area contributed by atoms with Crippen LogP contribution in [0.5, 0.6) is 0 Å². The Morgan fingerprint density at radius 1 is 1.25 bits per heavy atom. The van der Waals surface area contributed by atoms with Gasteiger partial charge in [0.1, 0.15) is 6.11 Å². The van der Waals surface area contributed by atoms with Crippen molar-refractivity contribution in [3.8, 4) is 12.0 Å². The van der Waals surface area contributed by atoms with Gasteiger partial charge in [0.25, 0.3) is 0 Å². The molecular formula is C11H12O. The Morgan fingerprint density at radius 2 is 2.00 bits per heavy atom. The third kappa shape index (κ3) is 3.12. The van der Waals surface area contributed by atoms with E-state index in [-0.39, 0.29) is 0 Å². The zero-order chi connectivity index (χ0) is 8.65. The Morgan fingerprint density at radius 3 is 2.67 bits per heavy atom. The van der Waals surface area contributed by atoms with Gasteiger partial charge in [0.2, 0.25) is 0 Å².